The molecule has 2 rings (SSSR count). The third-order valence-electron chi connectivity index (χ3n) is 2.27. The number of rotatable bonds is 2. The first-order chi connectivity index (χ1) is 8.52. The maximum Gasteiger partial charge on any atom is 0.182 e. The van der Waals surface area contributed by atoms with Gasteiger partial charge in [-0.25, -0.2) is 15.0 Å². The third-order valence-corrected chi connectivity index (χ3v) is 4.06. The highest BCUT2D eigenvalue weighted by Crippen LogP contribution is 2.28. The molecule has 0 bridgehead atoms. The number of nitrogens with one attached hydrogen (secondary N) is 1. The average molecular weight is 395 g/mol. The zero-order valence-corrected chi connectivity index (χ0v) is 13.3. The van der Waals surface area contributed by atoms with E-state index in [0.717, 1.165) is 15.1 Å². The summed E-state index contributed by atoms with van der Waals surface area (Å²) >= 11 is 14.1. The number of nitrogens with zero attached hydrogens (tertiary/aromatic N) is 3. The third kappa shape index (κ3) is 2.67. The summed E-state index contributed by atoms with van der Waals surface area (Å²) in [5.74, 6) is 1.24. The molecule has 0 radical (unpaired) electrons. The minimum Gasteiger partial charge on any atom is -0.372 e. The molecule has 0 aliphatic heterocycles. The molecular formula is C11H9Cl2IN4. The molecule has 0 amide bonds. The van der Waals surface area contributed by atoms with E-state index in [2.05, 4.69) is 42.9 Å². The van der Waals surface area contributed by atoms with Gasteiger partial charge in [0.05, 0.1) is 19.3 Å². The molecule has 94 valence electrons. The Hall–Kier alpha value is -0.660. The van der Waals surface area contributed by atoms with Crippen LogP contribution in [0.5, 0.6) is 0 Å². The van der Waals surface area contributed by atoms with E-state index >= 15 is 0 Å². The molecule has 0 aromatic carbocycles. The quantitative estimate of drug-likeness (QED) is 0.787. The van der Waals surface area contributed by atoms with Gasteiger partial charge in [-0.05, 0) is 35.6 Å². The summed E-state index contributed by atoms with van der Waals surface area (Å²) in [6.45, 7) is 1.91. The molecule has 0 saturated heterocycles. The zero-order valence-electron chi connectivity index (χ0n) is 9.63. The van der Waals surface area contributed by atoms with Gasteiger partial charge in [-0.2, -0.15) is 0 Å². The fraction of sp³-hybridized carbons (Fsp3) is 0.182. The monoisotopic (exact) mass is 394 g/mol. The highest BCUT2D eigenvalue weighted by atomic mass is 127. The smallest absolute Gasteiger partial charge is 0.182 e. The number of anilines is 1. The summed E-state index contributed by atoms with van der Waals surface area (Å²) in [4.78, 5) is 13.0. The van der Waals surface area contributed by atoms with E-state index in [1.165, 1.54) is 6.20 Å². The van der Waals surface area contributed by atoms with Crippen molar-refractivity contribution in [3.63, 3.8) is 0 Å². The van der Waals surface area contributed by atoms with E-state index in [1.54, 1.807) is 6.07 Å². The van der Waals surface area contributed by atoms with Gasteiger partial charge in [0.15, 0.2) is 5.82 Å². The van der Waals surface area contributed by atoms with Gasteiger partial charge in [-0.3, -0.25) is 0 Å². The van der Waals surface area contributed by atoms with Gasteiger partial charge in [0.25, 0.3) is 0 Å². The average Bonchev–Trinajstić information content (AvgIpc) is 2.32. The van der Waals surface area contributed by atoms with Gasteiger partial charge in [-0.15, -0.1) is 0 Å². The molecule has 0 atom stereocenters. The van der Waals surface area contributed by atoms with Gasteiger partial charge in [-0.1, -0.05) is 23.2 Å². The lowest BCUT2D eigenvalue weighted by molar-refractivity contribution is 1.07. The lowest BCUT2D eigenvalue weighted by Crippen LogP contribution is -2.03. The molecule has 0 unspecified atom stereocenters. The highest BCUT2D eigenvalue weighted by Gasteiger charge is 2.13. The van der Waals surface area contributed by atoms with Crippen LogP contribution in [0, 0.1) is 10.5 Å². The molecule has 18 heavy (non-hydrogen) atoms. The summed E-state index contributed by atoms with van der Waals surface area (Å²) in [5.41, 5.74) is 1.40. The molecule has 4 nitrogen and oxygen atoms in total. The zero-order chi connectivity index (χ0) is 13.3. The molecule has 0 aliphatic carbocycles. The van der Waals surface area contributed by atoms with Crippen LogP contribution in [0.25, 0.3) is 11.5 Å². The Labute approximate surface area is 128 Å². The van der Waals surface area contributed by atoms with Crippen molar-refractivity contribution in [1.29, 1.82) is 0 Å². The second-order valence-corrected chi connectivity index (χ2v) is 5.45. The lowest BCUT2D eigenvalue weighted by Gasteiger charge is -2.09. The van der Waals surface area contributed by atoms with Crippen molar-refractivity contribution in [2.75, 3.05) is 12.4 Å². The van der Waals surface area contributed by atoms with Crippen molar-refractivity contribution in [2.45, 2.75) is 6.92 Å². The van der Waals surface area contributed by atoms with Crippen LogP contribution in [-0.4, -0.2) is 22.0 Å². The van der Waals surface area contributed by atoms with E-state index in [9.17, 15) is 0 Å². The van der Waals surface area contributed by atoms with Crippen molar-refractivity contribution in [2.24, 2.45) is 0 Å². The van der Waals surface area contributed by atoms with Crippen LogP contribution in [-0.2, 0) is 0 Å². The maximum atomic E-state index is 6.10. The van der Waals surface area contributed by atoms with Crippen LogP contribution in [0.15, 0.2) is 12.3 Å². The maximum absolute atomic E-state index is 6.10. The summed E-state index contributed by atoms with van der Waals surface area (Å²) < 4.78 is 0.976. The normalized spacial score (nSPS) is 10.5. The molecule has 2 heterocycles. The molecule has 0 fully saturated rings. The number of aryl methyl sites for hydroxylation is 1. The van der Waals surface area contributed by atoms with E-state index < -0.39 is 0 Å². The van der Waals surface area contributed by atoms with E-state index in [-0.39, 0.29) is 0 Å². The predicted octanol–water partition coefficient (Wildman–Crippen LogP) is 3.80. The van der Waals surface area contributed by atoms with E-state index in [1.807, 2.05) is 14.0 Å². The number of aromatic nitrogens is 3. The molecule has 0 spiro atoms. The summed E-state index contributed by atoms with van der Waals surface area (Å²) in [5, 5.41) is 3.94. The predicted molar refractivity (Wildman–Crippen MR) is 82.3 cm³/mol. The Morgan fingerprint density at radius 1 is 1.28 bits per heavy atom. The van der Waals surface area contributed by atoms with Crippen LogP contribution in [0.4, 0.5) is 5.82 Å². The fourth-order valence-corrected chi connectivity index (χ4v) is 2.39. The van der Waals surface area contributed by atoms with Crippen molar-refractivity contribution in [3.05, 3.63) is 31.6 Å². The number of pyridine rings is 1. The van der Waals surface area contributed by atoms with Crippen LogP contribution < -0.4 is 5.32 Å². The van der Waals surface area contributed by atoms with Crippen molar-refractivity contribution >= 4 is 51.6 Å². The molecule has 2 aromatic heterocycles. The minimum absolute atomic E-state index is 0.435. The first-order valence-electron chi connectivity index (χ1n) is 5.06. The van der Waals surface area contributed by atoms with Crippen molar-refractivity contribution in [1.82, 2.24) is 15.0 Å². The lowest BCUT2D eigenvalue weighted by atomic mass is 10.3. The highest BCUT2D eigenvalue weighted by molar-refractivity contribution is 14.1. The van der Waals surface area contributed by atoms with Gasteiger partial charge in [0, 0.05) is 13.2 Å². The first-order valence-corrected chi connectivity index (χ1v) is 6.89. The summed E-state index contributed by atoms with van der Waals surface area (Å²) in [6, 6.07) is 1.63. The standard InChI is InChI=1S/C11H9Cl2IN4/c1-5-8(14)10(15-2)18-11(17-5)9-7(13)3-6(12)4-16-9/h3-4H,1-2H3,(H,15,17,18). The largest absolute Gasteiger partial charge is 0.372 e. The Morgan fingerprint density at radius 3 is 2.61 bits per heavy atom. The van der Waals surface area contributed by atoms with Gasteiger partial charge >= 0.3 is 0 Å². The minimum atomic E-state index is 0.435. The van der Waals surface area contributed by atoms with Gasteiger partial charge in [0.1, 0.15) is 11.5 Å². The van der Waals surface area contributed by atoms with Gasteiger partial charge in [0.2, 0.25) is 0 Å². The van der Waals surface area contributed by atoms with Crippen molar-refractivity contribution < 1.29 is 0 Å². The van der Waals surface area contributed by atoms with Crippen LogP contribution in [0.3, 0.4) is 0 Å². The van der Waals surface area contributed by atoms with Crippen LogP contribution in [0.2, 0.25) is 10.0 Å². The van der Waals surface area contributed by atoms with Gasteiger partial charge < -0.3 is 5.32 Å². The fourth-order valence-electron chi connectivity index (χ4n) is 1.41. The Balaban J connectivity index is 2.60. The molecule has 1 N–H and O–H groups in total. The molecule has 0 saturated carbocycles. The molecule has 7 heteroatoms. The molecule has 2 aromatic rings. The summed E-state index contributed by atoms with van der Waals surface area (Å²) in [6.07, 6.45) is 1.53. The number of hydrogen-bond acceptors (Lipinski definition) is 4. The topological polar surface area (TPSA) is 50.7 Å². The SMILES string of the molecule is CNc1nc(-c2ncc(Cl)cc2Cl)nc(C)c1I. The first kappa shape index (κ1) is 13.8. The second-order valence-electron chi connectivity index (χ2n) is 3.53. The number of halogens is 3. The van der Waals surface area contributed by atoms with Crippen LogP contribution >= 0.6 is 45.8 Å². The second kappa shape index (κ2) is 5.54. The molecule has 0 aliphatic rings. The van der Waals surface area contributed by atoms with E-state index in [0.29, 0.717) is 21.6 Å². The van der Waals surface area contributed by atoms with Crippen LogP contribution in [0.1, 0.15) is 5.69 Å². The Kier molecular flexibility index (Phi) is 4.24. The summed E-state index contributed by atoms with van der Waals surface area (Å²) in [7, 11) is 1.81. The van der Waals surface area contributed by atoms with E-state index in [4.69, 9.17) is 23.2 Å². The number of hydrogen-bond donors (Lipinski definition) is 1. The van der Waals surface area contributed by atoms with Crippen molar-refractivity contribution in [3.8, 4) is 11.5 Å². The molecular weight excluding hydrogens is 386 g/mol. The Morgan fingerprint density at radius 2 is 2.00 bits per heavy atom. The Bertz CT molecular complexity index is 604.